The predicted octanol–water partition coefficient (Wildman–Crippen LogP) is 7.72. The Bertz CT molecular complexity index is 2050. The topological polar surface area (TPSA) is 82.3 Å². The zero-order valence-electron chi connectivity index (χ0n) is 34.2. The first-order valence-electron chi connectivity index (χ1n) is 20.5. The first kappa shape index (κ1) is 40.0. The highest BCUT2D eigenvalue weighted by molar-refractivity contribution is 6.04. The van der Waals surface area contributed by atoms with Crippen LogP contribution in [0.4, 0.5) is 5.69 Å². The minimum absolute atomic E-state index is 0.0320. The molecule has 0 aromatic heterocycles. The number of fused-ring (bicyclic) bond motifs is 2. The number of hydrogen-bond donors (Lipinski definition) is 0. The Morgan fingerprint density at radius 3 is 2.47 bits per heavy atom. The van der Waals surface area contributed by atoms with Gasteiger partial charge in [-0.2, -0.15) is 6.08 Å². The van der Waals surface area contributed by atoms with E-state index in [9.17, 15) is 14.4 Å². The van der Waals surface area contributed by atoms with Crippen molar-refractivity contribution in [3.05, 3.63) is 105 Å². The summed E-state index contributed by atoms with van der Waals surface area (Å²) >= 11 is 0. The van der Waals surface area contributed by atoms with Gasteiger partial charge in [0.1, 0.15) is 11.9 Å². The smallest absolute Gasteiger partial charge is 0.335 e. The summed E-state index contributed by atoms with van der Waals surface area (Å²) in [7, 11) is 0. The van der Waals surface area contributed by atoms with Crippen LogP contribution in [0.15, 0.2) is 77.0 Å². The van der Waals surface area contributed by atoms with Gasteiger partial charge in [-0.25, -0.2) is 4.79 Å². The molecule has 55 heavy (non-hydrogen) atoms. The first-order valence-corrected chi connectivity index (χ1v) is 20.5. The van der Waals surface area contributed by atoms with Crippen molar-refractivity contribution < 1.29 is 19.2 Å². The van der Waals surface area contributed by atoms with Crippen LogP contribution >= 0.6 is 0 Å². The highest BCUT2D eigenvalue weighted by Crippen LogP contribution is 2.48. The summed E-state index contributed by atoms with van der Waals surface area (Å²) in [6, 6.07) is 14.6. The normalized spacial score (nSPS) is 22.5. The lowest BCUT2D eigenvalue weighted by molar-refractivity contribution is -0.197. The van der Waals surface area contributed by atoms with E-state index < -0.39 is 17.8 Å². The van der Waals surface area contributed by atoms with Gasteiger partial charge in [-0.1, -0.05) is 103 Å². The second-order valence-corrected chi connectivity index (χ2v) is 16.7. The van der Waals surface area contributed by atoms with Gasteiger partial charge in [0.05, 0.1) is 12.5 Å². The number of amides is 2. The monoisotopic (exact) mass is 744 g/mol. The third kappa shape index (κ3) is 8.15. The predicted molar refractivity (Wildman–Crippen MR) is 222 cm³/mol. The molecule has 0 spiro atoms. The van der Waals surface area contributed by atoms with E-state index in [2.05, 4.69) is 125 Å². The number of rotatable bonds is 13. The molecule has 1 unspecified atom stereocenters. The minimum Gasteiger partial charge on any atom is -0.344 e. The zero-order chi connectivity index (χ0) is 39.5. The lowest BCUT2D eigenvalue weighted by atomic mass is 9.77. The average molecular weight is 745 g/mol. The second-order valence-electron chi connectivity index (χ2n) is 16.7. The molecule has 4 aliphatic rings. The van der Waals surface area contributed by atoms with Crippen LogP contribution in [-0.4, -0.2) is 48.2 Å². The van der Waals surface area contributed by atoms with Gasteiger partial charge in [0.2, 0.25) is 0 Å². The maximum Gasteiger partial charge on any atom is 0.335 e. The lowest BCUT2D eigenvalue weighted by Gasteiger charge is -2.31. The van der Waals surface area contributed by atoms with Gasteiger partial charge in [0, 0.05) is 60.3 Å². The van der Waals surface area contributed by atoms with Crippen LogP contribution in [-0.2, 0) is 30.1 Å². The van der Waals surface area contributed by atoms with E-state index >= 15 is 0 Å². The van der Waals surface area contributed by atoms with Gasteiger partial charge in [-0.3, -0.25) is 14.6 Å². The third-order valence-electron chi connectivity index (χ3n) is 11.8. The van der Waals surface area contributed by atoms with Crippen molar-refractivity contribution in [3.8, 4) is 0 Å². The largest absolute Gasteiger partial charge is 0.344 e. The van der Waals surface area contributed by atoms with E-state index in [4.69, 9.17) is 9.83 Å². The second kappa shape index (κ2) is 16.6. The molecule has 3 heterocycles. The highest BCUT2D eigenvalue weighted by atomic mass is 16.7. The van der Waals surface area contributed by atoms with Crippen molar-refractivity contribution in [3.63, 3.8) is 0 Å². The molecule has 1 aliphatic carbocycles. The number of aryl methyl sites for hydroxylation is 1. The Kier molecular flexibility index (Phi) is 12.0. The van der Waals surface area contributed by atoms with Crippen LogP contribution in [0.5, 0.6) is 0 Å². The molecule has 6 rings (SSSR count). The fourth-order valence-electron chi connectivity index (χ4n) is 8.68. The van der Waals surface area contributed by atoms with E-state index in [-0.39, 0.29) is 42.6 Å². The van der Waals surface area contributed by atoms with Crippen molar-refractivity contribution in [1.29, 1.82) is 0 Å². The number of imide groups is 1. The quantitative estimate of drug-likeness (QED) is 0.119. The van der Waals surface area contributed by atoms with E-state index in [1.54, 1.807) is 0 Å². The molecule has 2 amide bonds. The van der Waals surface area contributed by atoms with Crippen LogP contribution in [0, 0.1) is 18.9 Å². The number of benzene rings is 2. The number of nitrogens with zero attached hydrogens (tertiary/aromatic N) is 4. The van der Waals surface area contributed by atoms with Crippen LogP contribution in [0.3, 0.4) is 0 Å². The van der Waals surface area contributed by atoms with Gasteiger partial charge in [0.15, 0.2) is 0 Å². The Morgan fingerprint density at radius 1 is 1.00 bits per heavy atom. The molecule has 0 radical (unpaired) electrons. The number of carbonyl (C=O) groups excluding carboxylic acids is 3. The average Bonchev–Trinajstić information content (AvgIpc) is 3.65. The van der Waals surface area contributed by atoms with Crippen molar-refractivity contribution in [2.75, 3.05) is 24.5 Å². The number of hydroxylamine groups is 2. The van der Waals surface area contributed by atoms with E-state index in [0.29, 0.717) is 5.06 Å². The number of aliphatic imine (C=N–C) groups is 1. The van der Waals surface area contributed by atoms with Crippen LogP contribution in [0.2, 0.25) is 0 Å². The number of unbranched alkanes of at least 4 members (excludes halogenated alkanes) is 2. The number of anilines is 1. The van der Waals surface area contributed by atoms with Crippen molar-refractivity contribution >= 4 is 35.8 Å². The number of hydrogen-bond acceptors (Lipinski definition) is 6. The summed E-state index contributed by atoms with van der Waals surface area (Å²) in [4.78, 5) is 49.9. The van der Waals surface area contributed by atoms with Gasteiger partial charge < -0.3 is 14.3 Å². The maximum absolute atomic E-state index is 12.9. The van der Waals surface area contributed by atoms with Crippen molar-refractivity contribution in [2.45, 2.75) is 124 Å². The van der Waals surface area contributed by atoms with Crippen LogP contribution in [0.1, 0.15) is 122 Å². The molecule has 2 fully saturated rings. The first-order chi connectivity index (χ1) is 26.3. The molecule has 8 heteroatoms. The SMILES string of the molecule is C=c1ccc2c(c1)C(C)(C)[C-](/C=C/C1CCC/C(=C\C=C3/N(CCCC)c4ccc(C)cc4C3(C)C)C1=NCCC(=O)ON1C(=O)CCC1=O)[N+]=2CCCC. The summed E-state index contributed by atoms with van der Waals surface area (Å²) in [5.74, 6) is -1.54. The molecule has 8 nitrogen and oxygen atoms in total. The van der Waals surface area contributed by atoms with Gasteiger partial charge >= 0.3 is 5.97 Å². The molecule has 2 aromatic carbocycles. The molecule has 292 valence electrons. The molecule has 2 aromatic rings. The van der Waals surface area contributed by atoms with Crippen LogP contribution < -0.4 is 20.1 Å². The molecule has 3 aliphatic heterocycles. The summed E-state index contributed by atoms with van der Waals surface area (Å²) in [6.45, 7) is 22.2. The van der Waals surface area contributed by atoms with E-state index in [1.165, 1.54) is 45.0 Å². The third-order valence-corrected chi connectivity index (χ3v) is 11.8. The molecule has 1 atom stereocenters. The Labute approximate surface area is 328 Å². The summed E-state index contributed by atoms with van der Waals surface area (Å²) in [5, 5.41) is 2.89. The summed E-state index contributed by atoms with van der Waals surface area (Å²) in [6.07, 6.45) is 16.6. The fourth-order valence-corrected chi connectivity index (χ4v) is 8.68. The molecule has 1 saturated carbocycles. The van der Waals surface area contributed by atoms with Crippen LogP contribution in [0.25, 0.3) is 6.58 Å². The van der Waals surface area contributed by atoms with Gasteiger partial charge in [-0.05, 0) is 72.2 Å². The van der Waals surface area contributed by atoms with E-state index in [0.717, 1.165) is 69.0 Å². The fraction of sp³-hybridized carbons (Fsp3) is 0.489. The van der Waals surface area contributed by atoms with Crippen molar-refractivity contribution in [2.24, 2.45) is 10.9 Å². The molecule has 0 N–H and O–H groups in total. The minimum atomic E-state index is -0.631. The van der Waals surface area contributed by atoms with Gasteiger partial charge in [-0.15, -0.1) is 11.1 Å². The summed E-state index contributed by atoms with van der Waals surface area (Å²) in [5.41, 5.74) is 8.30. The molecular formula is C47H60N4O4. The summed E-state index contributed by atoms with van der Waals surface area (Å²) < 4.78 is 2.49. The van der Waals surface area contributed by atoms with Crippen molar-refractivity contribution in [1.82, 2.24) is 9.64 Å². The Morgan fingerprint density at radius 2 is 1.75 bits per heavy atom. The molecule has 0 bridgehead atoms. The lowest BCUT2D eigenvalue weighted by Crippen LogP contribution is -2.33. The maximum atomic E-state index is 12.9. The molecule has 1 saturated heterocycles. The Hall–Kier alpha value is -4.72. The standard InChI is InChI=1S/C47H60N4O4/c1-9-11-28-49-38-20-16-32(3)30-36(38)46(5,6)40(49)22-18-34-14-13-15-35(45(34)48-27-26-44(54)55-51-42(52)24-25-43(51)53)19-23-41-47(7,8)37-31-33(4)17-21-39(37)50(41)29-12-10-2/h16-23,30-31,34H,3,9-15,24-29H2,1-2,4-8H3/b22-18+,35-19+,41-23-,48-45?. The number of allylic oxidation sites excluding steroid dienone is 5. The number of carbonyl (C=O) groups is 3. The van der Waals surface area contributed by atoms with Gasteiger partial charge in [0.25, 0.3) is 11.8 Å². The highest BCUT2D eigenvalue weighted by Gasteiger charge is 2.41. The Balaban J connectivity index is 1.35. The zero-order valence-corrected chi connectivity index (χ0v) is 34.2. The van der Waals surface area contributed by atoms with E-state index in [1.807, 2.05) is 0 Å². The molecular weight excluding hydrogens is 685 g/mol.